The smallest absolute Gasteiger partial charge is 0.338 e. The summed E-state index contributed by atoms with van der Waals surface area (Å²) >= 11 is 5.52. The van der Waals surface area contributed by atoms with E-state index in [-0.39, 0.29) is 5.78 Å². The zero-order valence-electron chi connectivity index (χ0n) is 9.03. The standard InChI is InChI=1S/C12H13ClO3/c1-16-12(15)10-6-3-2-5-9(10)11(14)7-4-8-13/h2-3,5-6H,4,7-8H2,1H3. The van der Waals surface area contributed by atoms with Crippen LogP contribution >= 0.6 is 11.6 Å². The van der Waals surface area contributed by atoms with E-state index in [1.165, 1.54) is 7.11 Å². The van der Waals surface area contributed by atoms with Crippen molar-refractivity contribution in [2.45, 2.75) is 12.8 Å². The summed E-state index contributed by atoms with van der Waals surface area (Å²) in [6, 6.07) is 6.63. The molecule has 0 radical (unpaired) electrons. The van der Waals surface area contributed by atoms with Crippen molar-refractivity contribution in [3.63, 3.8) is 0 Å². The number of ether oxygens (including phenoxy) is 1. The van der Waals surface area contributed by atoms with Crippen LogP contribution in [-0.2, 0) is 4.74 Å². The molecule has 4 heteroatoms. The van der Waals surface area contributed by atoms with E-state index in [4.69, 9.17) is 11.6 Å². The van der Waals surface area contributed by atoms with Gasteiger partial charge in [-0.3, -0.25) is 4.79 Å². The maximum absolute atomic E-state index is 11.8. The minimum absolute atomic E-state index is 0.0818. The number of hydrogen-bond acceptors (Lipinski definition) is 3. The molecule has 86 valence electrons. The van der Waals surface area contributed by atoms with Crippen LogP contribution in [0.3, 0.4) is 0 Å². The Morgan fingerprint density at radius 1 is 1.25 bits per heavy atom. The fourth-order valence-electron chi connectivity index (χ4n) is 1.38. The number of ketones is 1. The minimum atomic E-state index is -0.491. The van der Waals surface area contributed by atoms with Crippen LogP contribution in [0.1, 0.15) is 33.6 Å². The molecule has 0 spiro atoms. The molecule has 0 aliphatic heterocycles. The fourth-order valence-corrected chi connectivity index (χ4v) is 1.51. The first-order valence-electron chi connectivity index (χ1n) is 4.97. The van der Waals surface area contributed by atoms with Gasteiger partial charge in [-0.05, 0) is 12.5 Å². The number of rotatable bonds is 5. The van der Waals surface area contributed by atoms with Gasteiger partial charge in [0.15, 0.2) is 5.78 Å². The number of Topliss-reactive ketones (excluding diaryl/α,β-unsaturated/α-hetero) is 1. The molecule has 0 saturated heterocycles. The summed E-state index contributed by atoms with van der Waals surface area (Å²) in [7, 11) is 1.29. The second-order valence-corrected chi connectivity index (χ2v) is 3.63. The third kappa shape index (κ3) is 3.07. The van der Waals surface area contributed by atoms with Crippen LogP contribution in [0.25, 0.3) is 0 Å². The van der Waals surface area contributed by atoms with Crippen molar-refractivity contribution in [2.75, 3.05) is 13.0 Å². The molecule has 0 unspecified atom stereocenters. The Bertz CT molecular complexity index is 388. The lowest BCUT2D eigenvalue weighted by Gasteiger charge is -2.05. The van der Waals surface area contributed by atoms with Gasteiger partial charge in [-0.1, -0.05) is 18.2 Å². The molecule has 1 rings (SSSR count). The predicted octanol–water partition coefficient (Wildman–Crippen LogP) is 2.67. The van der Waals surface area contributed by atoms with Gasteiger partial charge in [0.25, 0.3) is 0 Å². The number of carbonyl (C=O) groups is 2. The number of halogens is 1. The van der Waals surface area contributed by atoms with Crippen molar-refractivity contribution in [1.29, 1.82) is 0 Å². The largest absolute Gasteiger partial charge is 0.465 e. The van der Waals surface area contributed by atoms with E-state index >= 15 is 0 Å². The minimum Gasteiger partial charge on any atom is -0.465 e. The Balaban J connectivity index is 2.94. The first-order valence-corrected chi connectivity index (χ1v) is 5.50. The second kappa shape index (κ2) is 6.28. The van der Waals surface area contributed by atoms with Crippen molar-refractivity contribution in [3.05, 3.63) is 35.4 Å². The number of hydrogen-bond donors (Lipinski definition) is 0. The fraction of sp³-hybridized carbons (Fsp3) is 0.333. The van der Waals surface area contributed by atoms with Gasteiger partial charge >= 0.3 is 5.97 Å². The summed E-state index contributed by atoms with van der Waals surface area (Å²) < 4.78 is 4.61. The topological polar surface area (TPSA) is 43.4 Å². The molecule has 1 aromatic carbocycles. The predicted molar refractivity (Wildman–Crippen MR) is 62.1 cm³/mol. The van der Waals surface area contributed by atoms with E-state index in [1.807, 2.05) is 0 Å². The Hall–Kier alpha value is -1.35. The monoisotopic (exact) mass is 240 g/mol. The third-order valence-corrected chi connectivity index (χ3v) is 2.44. The zero-order chi connectivity index (χ0) is 12.0. The molecule has 0 N–H and O–H groups in total. The molecular formula is C12H13ClO3. The summed E-state index contributed by atoms with van der Waals surface area (Å²) in [4.78, 5) is 23.2. The summed E-state index contributed by atoms with van der Waals surface area (Å²) in [5, 5.41) is 0. The van der Waals surface area contributed by atoms with E-state index in [2.05, 4.69) is 4.74 Å². The van der Waals surface area contributed by atoms with Gasteiger partial charge in [0.1, 0.15) is 0 Å². The van der Waals surface area contributed by atoms with Gasteiger partial charge in [-0.15, -0.1) is 11.6 Å². The number of alkyl halides is 1. The maximum Gasteiger partial charge on any atom is 0.338 e. The summed E-state index contributed by atoms with van der Waals surface area (Å²) in [6.45, 7) is 0. The summed E-state index contributed by atoms with van der Waals surface area (Å²) in [5.41, 5.74) is 0.712. The first kappa shape index (κ1) is 12.7. The quantitative estimate of drug-likeness (QED) is 0.452. The van der Waals surface area contributed by atoms with Gasteiger partial charge in [0.05, 0.1) is 12.7 Å². The first-order chi connectivity index (χ1) is 7.70. The molecule has 0 aliphatic carbocycles. The molecule has 0 bridgehead atoms. The average molecular weight is 241 g/mol. The molecule has 16 heavy (non-hydrogen) atoms. The van der Waals surface area contributed by atoms with Crippen molar-refractivity contribution in [1.82, 2.24) is 0 Å². The lowest BCUT2D eigenvalue weighted by Crippen LogP contribution is -2.10. The molecule has 0 atom stereocenters. The summed E-state index contributed by atoms with van der Waals surface area (Å²) in [5.74, 6) is -0.136. The molecule has 0 aliphatic rings. The zero-order valence-corrected chi connectivity index (χ0v) is 9.79. The molecule has 1 aromatic rings. The van der Waals surface area contributed by atoms with Crippen molar-refractivity contribution < 1.29 is 14.3 Å². The second-order valence-electron chi connectivity index (χ2n) is 3.25. The lowest BCUT2D eigenvalue weighted by molar-refractivity contribution is 0.0597. The Morgan fingerprint density at radius 3 is 2.44 bits per heavy atom. The maximum atomic E-state index is 11.8. The highest BCUT2D eigenvalue weighted by Gasteiger charge is 2.16. The highest BCUT2D eigenvalue weighted by molar-refractivity contribution is 6.18. The summed E-state index contributed by atoms with van der Waals surface area (Å²) in [6.07, 6.45) is 0.952. The van der Waals surface area contributed by atoms with E-state index < -0.39 is 5.97 Å². The highest BCUT2D eigenvalue weighted by atomic mass is 35.5. The number of esters is 1. The van der Waals surface area contributed by atoms with Crippen molar-refractivity contribution in [3.8, 4) is 0 Å². The lowest BCUT2D eigenvalue weighted by atomic mass is 10.0. The van der Waals surface area contributed by atoms with Crippen LogP contribution in [0.15, 0.2) is 24.3 Å². The molecule has 0 heterocycles. The Morgan fingerprint density at radius 2 is 1.88 bits per heavy atom. The Labute approximate surface area is 99.4 Å². The van der Waals surface area contributed by atoms with Crippen molar-refractivity contribution >= 4 is 23.4 Å². The average Bonchev–Trinajstić information content (AvgIpc) is 2.35. The van der Waals surface area contributed by atoms with E-state index in [0.717, 1.165) is 0 Å². The van der Waals surface area contributed by atoms with Crippen LogP contribution in [-0.4, -0.2) is 24.7 Å². The van der Waals surface area contributed by atoms with Gasteiger partial charge in [0, 0.05) is 17.9 Å². The van der Waals surface area contributed by atoms with E-state index in [9.17, 15) is 9.59 Å². The van der Waals surface area contributed by atoms with Crippen LogP contribution < -0.4 is 0 Å². The van der Waals surface area contributed by atoms with E-state index in [0.29, 0.717) is 29.8 Å². The molecule has 3 nitrogen and oxygen atoms in total. The normalized spacial score (nSPS) is 9.88. The molecule has 0 saturated carbocycles. The highest BCUT2D eigenvalue weighted by Crippen LogP contribution is 2.13. The van der Waals surface area contributed by atoms with Crippen LogP contribution in [0.5, 0.6) is 0 Å². The van der Waals surface area contributed by atoms with Gasteiger partial charge in [-0.2, -0.15) is 0 Å². The third-order valence-electron chi connectivity index (χ3n) is 2.17. The van der Waals surface area contributed by atoms with Gasteiger partial charge in [0.2, 0.25) is 0 Å². The van der Waals surface area contributed by atoms with Crippen LogP contribution in [0.2, 0.25) is 0 Å². The number of benzene rings is 1. The number of methoxy groups -OCH3 is 1. The number of carbonyl (C=O) groups excluding carboxylic acids is 2. The van der Waals surface area contributed by atoms with E-state index in [1.54, 1.807) is 24.3 Å². The van der Waals surface area contributed by atoms with Gasteiger partial charge < -0.3 is 4.74 Å². The molecular weight excluding hydrogens is 228 g/mol. The molecule has 0 amide bonds. The van der Waals surface area contributed by atoms with Gasteiger partial charge in [-0.25, -0.2) is 4.79 Å². The molecule has 0 aromatic heterocycles. The van der Waals surface area contributed by atoms with Crippen LogP contribution in [0.4, 0.5) is 0 Å². The van der Waals surface area contributed by atoms with Crippen LogP contribution in [0, 0.1) is 0 Å². The molecule has 0 fully saturated rings. The SMILES string of the molecule is COC(=O)c1ccccc1C(=O)CCCCl. The van der Waals surface area contributed by atoms with Crippen molar-refractivity contribution in [2.24, 2.45) is 0 Å². The Kier molecular flexibility index (Phi) is 4.99.